The lowest BCUT2D eigenvalue weighted by atomic mass is 10.2. The molecule has 1 aromatic carbocycles. The molecule has 0 saturated heterocycles. The van der Waals surface area contributed by atoms with Gasteiger partial charge in [0.1, 0.15) is 10.8 Å². The van der Waals surface area contributed by atoms with E-state index >= 15 is 0 Å². The van der Waals surface area contributed by atoms with Crippen molar-refractivity contribution < 1.29 is 4.57 Å². The number of nitrogens with zero attached hydrogens (tertiary/aromatic N) is 3. The van der Waals surface area contributed by atoms with Gasteiger partial charge in [0.05, 0.1) is 5.56 Å². The molecule has 0 aliphatic carbocycles. The van der Waals surface area contributed by atoms with E-state index in [4.69, 9.17) is 0 Å². The Kier molecular flexibility index (Phi) is 3.33. The van der Waals surface area contributed by atoms with Crippen molar-refractivity contribution in [1.82, 2.24) is 9.36 Å². The smallest absolute Gasteiger partial charge is 0.179 e. The third kappa shape index (κ3) is 2.85. The first-order chi connectivity index (χ1) is 9.31. The largest absolute Gasteiger partial charge is 0.219 e. The highest BCUT2D eigenvalue weighted by Gasteiger charge is 2.09. The molecule has 0 unspecified atom stereocenters. The summed E-state index contributed by atoms with van der Waals surface area (Å²) >= 11 is 1.44. The van der Waals surface area contributed by atoms with E-state index in [9.17, 15) is 0 Å². The molecule has 0 bridgehead atoms. The summed E-state index contributed by atoms with van der Waals surface area (Å²) in [5.74, 6) is 0.832. The summed E-state index contributed by atoms with van der Waals surface area (Å²) in [6.07, 6.45) is 4.19. The summed E-state index contributed by atoms with van der Waals surface area (Å²) in [6, 6.07) is 14.6. The minimum atomic E-state index is 0.832. The quantitative estimate of drug-likeness (QED) is 0.684. The molecule has 0 aliphatic rings. The second-order valence-corrected chi connectivity index (χ2v) is 5.15. The van der Waals surface area contributed by atoms with E-state index in [0.717, 1.165) is 22.9 Å². The van der Waals surface area contributed by atoms with Crippen LogP contribution in [0.1, 0.15) is 11.4 Å². The molecule has 4 heteroatoms. The number of aryl methyl sites for hydroxylation is 1. The Labute approximate surface area is 116 Å². The second-order valence-electron chi connectivity index (χ2n) is 4.40. The molecule has 2 aromatic heterocycles. The van der Waals surface area contributed by atoms with Crippen LogP contribution in [0.15, 0.2) is 54.9 Å². The van der Waals surface area contributed by atoms with Gasteiger partial charge in [0.15, 0.2) is 18.9 Å². The lowest BCUT2D eigenvalue weighted by Gasteiger charge is -1.99. The summed E-state index contributed by atoms with van der Waals surface area (Å²) in [7, 11) is 0. The summed E-state index contributed by atoms with van der Waals surface area (Å²) < 4.78 is 6.40. The van der Waals surface area contributed by atoms with Crippen molar-refractivity contribution in [1.29, 1.82) is 0 Å². The van der Waals surface area contributed by atoms with Gasteiger partial charge in [-0.25, -0.2) is 9.55 Å². The van der Waals surface area contributed by atoms with Crippen LogP contribution < -0.4 is 4.57 Å². The molecule has 3 nitrogen and oxygen atoms in total. The van der Waals surface area contributed by atoms with Crippen molar-refractivity contribution in [3.05, 3.63) is 66.2 Å². The van der Waals surface area contributed by atoms with Gasteiger partial charge in [-0.1, -0.05) is 30.3 Å². The Balaban J connectivity index is 1.88. The fourth-order valence-electron chi connectivity index (χ4n) is 1.96. The number of aromatic nitrogens is 3. The minimum Gasteiger partial charge on any atom is -0.219 e. The van der Waals surface area contributed by atoms with Crippen molar-refractivity contribution in [2.24, 2.45) is 0 Å². The highest BCUT2D eigenvalue weighted by molar-refractivity contribution is 7.09. The Morgan fingerprint density at radius 3 is 2.68 bits per heavy atom. The van der Waals surface area contributed by atoms with Crippen LogP contribution in [0.2, 0.25) is 0 Å². The first-order valence-corrected chi connectivity index (χ1v) is 6.92. The molecule has 2 heterocycles. The third-order valence-electron chi connectivity index (χ3n) is 2.84. The Morgan fingerprint density at radius 1 is 1.11 bits per heavy atom. The van der Waals surface area contributed by atoms with Gasteiger partial charge in [0, 0.05) is 11.6 Å². The summed E-state index contributed by atoms with van der Waals surface area (Å²) in [5, 5.41) is 0.972. The maximum absolute atomic E-state index is 4.42. The van der Waals surface area contributed by atoms with E-state index in [1.54, 1.807) is 0 Å². The Bertz CT molecular complexity index is 677. The van der Waals surface area contributed by atoms with Gasteiger partial charge in [-0.2, -0.15) is 4.37 Å². The van der Waals surface area contributed by atoms with E-state index in [1.165, 1.54) is 17.1 Å². The number of pyridine rings is 1. The SMILES string of the molecule is Cc1nsc(-c2ccc[n+](Cc3ccccc3)c2)n1. The average Bonchev–Trinajstić information content (AvgIpc) is 2.87. The van der Waals surface area contributed by atoms with Crippen LogP contribution in [0.25, 0.3) is 10.6 Å². The lowest BCUT2D eigenvalue weighted by Crippen LogP contribution is -2.33. The van der Waals surface area contributed by atoms with E-state index in [1.807, 2.05) is 13.0 Å². The number of hydrogen-bond donors (Lipinski definition) is 0. The molecule has 94 valence electrons. The molecule has 0 radical (unpaired) electrons. The van der Waals surface area contributed by atoms with Crippen LogP contribution in [-0.4, -0.2) is 9.36 Å². The minimum absolute atomic E-state index is 0.832. The van der Waals surface area contributed by atoms with Gasteiger partial charge in [0.25, 0.3) is 0 Å². The van der Waals surface area contributed by atoms with Gasteiger partial charge < -0.3 is 0 Å². The van der Waals surface area contributed by atoms with E-state index < -0.39 is 0 Å². The first kappa shape index (κ1) is 12.0. The van der Waals surface area contributed by atoms with Gasteiger partial charge >= 0.3 is 0 Å². The molecule has 0 spiro atoms. The molecule has 0 N–H and O–H groups in total. The van der Waals surface area contributed by atoms with Crippen molar-refractivity contribution >= 4 is 11.5 Å². The summed E-state index contributed by atoms with van der Waals surface area (Å²) in [6.45, 7) is 2.79. The van der Waals surface area contributed by atoms with E-state index in [0.29, 0.717) is 0 Å². The number of benzene rings is 1. The standard InChI is InChI=1S/C15H14N3S/c1-12-16-15(19-17-12)14-8-5-9-18(11-14)10-13-6-3-2-4-7-13/h2-9,11H,10H2,1H3/q+1. The molecule has 0 atom stereocenters. The van der Waals surface area contributed by atoms with E-state index in [-0.39, 0.29) is 0 Å². The maximum atomic E-state index is 4.42. The fourth-order valence-corrected chi connectivity index (χ4v) is 2.61. The summed E-state index contributed by atoms with van der Waals surface area (Å²) in [4.78, 5) is 4.42. The highest BCUT2D eigenvalue weighted by atomic mass is 32.1. The number of hydrogen-bond acceptors (Lipinski definition) is 3. The van der Waals surface area contributed by atoms with Gasteiger partial charge in [-0.15, -0.1) is 0 Å². The molecule has 0 saturated carbocycles. The Hall–Kier alpha value is -2.07. The monoisotopic (exact) mass is 268 g/mol. The maximum Gasteiger partial charge on any atom is 0.179 e. The van der Waals surface area contributed by atoms with Crippen LogP contribution in [0.5, 0.6) is 0 Å². The summed E-state index contributed by atoms with van der Waals surface area (Å²) in [5.41, 5.74) is 2.40. The van der Waals surface area contributed by atoms with Gasteiger partial charge in [-0.05, 0) is 24.5 Å². The third-order valence-corrected chi connectivity index (χ3v) is 3.70. The molecule has 0 amide bonds. The topological polar surface area (TPSA) is 29.7 Å². The zero-order valence-corrected chi connectivity index (χ0v) is 11.5. The van der Waals surface area contributed by atoms with Crippen molar-refractivity contribution in [3.8, 4) is 10.6 Å². The van der Waals surface area contributed by atoms with Crippen LogP contribution in [0.4, 0.5) is 0 Å². The number of rotatable bonds is 3. The van der Waals surface area contributed by atoms with Gasteiger partial charge in [0.2, 0.25) is 0 Å². The lowest BCUT2D eigenvalue weighted by molar-refractivity contribution is -0.687. The second kappa shape index (κ2) is 5.28. The van der Waals surface area contributed by atoms with Crippen LogP contribution in [0, 0.1) is 6.92 Å². The zero-order valence-electron chi connectivity index (χ0n) is 10.7. The predicted octanol–water partition coefficient (Wildman–Crippen LogP) is 2.85. The van der Waals surface area contributed by atoms with E-state index in [2.05, 4.69) is 62.7 Å². The van der Waals surface area contributed by atoms with Crippen molar-refractivity contribution in [3.63, 3.8) is 0 Å². The average molecular weight is 268 g/mol. The molecule has 19 heavy (non-hydrogen) atoms. The van der Waals surface area contributed by atoms with Crippen LogP contribution in [-0.2, 0) is 6.54 Å². The van der Waals surface area contributed by atoms with Gasteiger partial charge in [-0.3, -0.25) is 0 Å². The zero-order chi connectivity index (χ0) is 13.1. The molecular weight excluding hydrogens is 254 g/mol. The Morgan fingerprint density at radius 2 is 1.95 bits per heavy atom. The molecule has 0 aliphatic heterocycles. The highest BCUT2D eigenvalue weighted by Crippen LogP contribution is 2.19. The first-order valence-electron chi connectivity index (χ1n) is 6.15. The molecule has 3 aromatic rings. The molecular formula is C15H14N3S+. The predicted molar refractivity (Wildman–Crippen MR) is 75.8 cm³/mol. The fraction of sp³-hybridized carbons (Fsp3) is 0.133. The van der Waals surface area contributed by atoms with Crippen molar-refractivity contribution in [2.45, 2.75) is 13.5 Å². The normalized spacial score (nSPS) is 10.6. The van der Waals surface area contributed by atoms with Crippen molar-refractivity contribution in [2.75, 3.05) is 0 Å². The van der Waals surface area contributed by atoms with Crippen LogP contribution in [0.3, 0.4) is 0 Å². The van der Waals surface area contributed by atoms with Crippen LogP contribution >= 0.6 is 11.5 Å². The molecule has 0 fully saturated rings. The molecule has 3 rings (SSSR count).